The van der Waals surface area contributed by atoms with Crippen molar-refractivity contribution in [2.75, 3.05) is 12.9 Å². The van der Waals surface area contributed by atoms with Crippen molar-refractivity contribution in [1.82, 2.24) is 9.88 Å². The van der Waals surface area contributed by atoms with Crippen LogP contribution in [0.2, 0.25) is 0 Å². The topological polar surface area (TPSA) is 54.3 Å². The first kappa shape index (κ1) is 15.1. The number of thioether (sulfide) groups is 1. The summed E-state index contributed by atoms with van der Waals surface area (Å²) in [6, 6.07) is 3.65. The van der Waals surface area contributed by atoms with Gasteiger partial charge >= 0.3 is 0 Å². The third-order valence-corrected chi connectivity index (χ3v) is 4.09. The van der Waals surface area contributed by atoms with Gasteiger partial charge in [0.1, 0.15) is 5.69 Å². The van der Waals surface area contributed by atoms with E-state index in [9.17, 15) is 9.90 Å². The summed E-state index contributed by atoms with van der Waals surface area (Å²) in [5, 5.41) is 12.2. The number of hydrogen-bond acceptors (Lipinski definition) is 3. The average Bonchev–Trinajstić information content (AvgIpc) is 2.79. The van der Waals surface area contributed by atoms with Crippen LogP contribution in [-0.4, -0.2) is 39.7 Å². The summed E-state index contributed by atoms with van der Waals surface area (Å²) >= 11 is 1.56. The summed E-state index contributed by atoms with van der Waals surface area (Å²) in [6.45, 7) is 4.91. The van der Waals surface area contributed by atoms with Gasteiger partial charge in [0.05, 0.1) is 6.61 Å². The monoisotopic (exact) mass is 270 g/mol. The number of amides is 1. The van der Waals surface area contributed by atoms with Gasteiger partial charge in [0, 0.05) is 24.0 Å². The van der Waals surface area contributed by atoms with Crippen molar-refractivity contribution in [2.24, 2.45) is 0 Å². The number of aliphatic hydroxyl groups is 1. The van der Waals surface area contributed by atoms with E-state index in [2.05, 4.69) is 12.2 Å². The Labute approximate surface area is 113 Å². The summed E-state index contributed by atoms with van der Waals surface area (Å²) in [5.74, 6) is -0.0755. The molecule has 0 aliphatic rings. The van der Waals surface area contributed by atoms with Gasteiger partial charge in [-0.15, -0.1) is 0 Å². The van der Waals surface area contributed by atoms with Gasteiger partial charge in [-0.3, -0.25) is 4.79 Å². The molecule has 2 N–H and O–H groups in total. The fourth-order valence-corrected chi connectivity index (χ4v) is 2.49. The van der Waals surface area contributed by atoms with Crippen molar-refractivity contribution in [3.8, 4) is 0 Å². The molecule has 0 aromatic carbocycles. The van der Waals surface area contributed by atoms with Crippen molar-refractivity contribution in [3.63, 3.8) is 0 Å². The highest BCUT2D eigenvalue weighted by Gasteiger charge is 2.19. The van der Waals surface area contributed by atoms with Gasteiger partial charge in [-0.05, 0) is 31.7 Å². The fourth-order valence-electron chi connectivity index (χ4n) is 1.87. The molecule has 102 valence electrons. The fraction of sp³-hybridized carbons (Fsp3) is 0.615. The normalized spacial score (nSPS) is 14.2. The van der Waals surface area contributed by atoms with Crippen LogP contribution in [0.25, 0.3) is 0 Å². The van der Waals surface area contributed by atoms with E-state index in [1.54, 1.807) is 11.8 Å². The Balaban J connectivity index is 2.67. The predicted octanol–water partition coefficient (Wildman–Crippen LogP) is 1.74. The number of nitrogens with zero attached hydrogens (tertiary/aromatic N) is 1. The van der Waals surface area contributed by atoms with E-state index in [0.29, 0.717) is 5.69 Å². The zero-order valence-electron chi connectivity index (χ0n) is 11.2. The molecular formula is C13H22N2O2S. The highest BCUT2D eigenvalue weighted by molar-refractivity contribution is 7.99. The van der Waals surface area contributed by atoms with Gasteiger partial charge in [-0.25, -0.2) is 0 Å². The van der Waals surface area contributed by atoms with Crippen LogP contribution in [0.15, 0.2) is 18.3 Å². The van der Waals surface area contributed by atoms with Crippen molar-refractivity contribution in [1.29, 1.82) is 0 Å². The number of rotatable bonds is 7. The van der Waals surface area contributed by atoms with Crippen LogP contribution in [0.5, 0.6) is 0 Å². The minimum absolute atomic E-state index is 0.0311. The van der Waals surface area contributed by atoms with E-state index in [0.717, 1.165) is 13.0 Å². The van der Waals surface area contributed by atoms with Gasteiger partial charge in [0.25, 0.3) is 5.91 Å². The van der Waals surface area contributed by atoms with Crippen molar-refractivity contribution in [3.05, 3.63) is 24.0 Å². The number of carbonyl (C=O) groups excluding carboxylic acids is 1. The zero-order chi connectivity index (χ0) is 13.5. The third-order valence-electron chi connectivity index (χ3n) is 2.93. The Morgan fingerprint density at radius 1 is 1.61 bits per heavy atom. The van der Waals surface area contributed by atoms with Gasteiger partial charge < -0.3 is 15.0 Å². The molecule has 1 heterocycles. The standard InChI is InChI=1S/C13H22N2O2S/c1-4-7-15-8-5-6-11(15)13(17)14-10(2)12(9-16)18-3/h5-6,8,10,12,16H,4,7,9H2,1-3H3,(H,14,17). The Morgan fingerprint density at radius 2 is 2.33 bits per heavy atom. The molecule has 2 unspecified atom stereocenters. The summed E-state index contributed by atoms with van der Waals surface area (Å²) in [7, 11) is 0. The van der Waals surface area contributed by atoms with Gasteiger partial charge in [0.2, 0.25) is 0 Å². The van der Waals surface area contributed by atoms with E-state index < -0.39 is 0 Å². The number of aryl methyl sites for hydroxylation is 1. The molecule has 1 aromatic heterocycles. The van der Waals surface area contributed by atoms with Crippen LogP contribution in [0, 0.1) is 0 Å². The second kappa shape index (κ2) is 7.48. The zero-order valence-corrected chi connectivity index (χ0v) is 12.0. The molecule has 1 rings (SSSR count). The van der Waals surface area contributed by atoms with Crippen LogP contribution in [0.1, 0.15) is 30.8 Å². The molecule has 0 spiro atoms. The summed E-state index contributed by atoms with van der Waals surface area (Å²) in [4.78, 5) is 12.1. The Kier molecular flexibility index (Phi) is 6.29. The smallest absolute Gasteiger partial charge is 0.268 e. The van der Waals surface area contributed by atoms with Gasteiger partial charge in [-0.1, -0.05) is 6.92 Å². The lowest BCUT2D eigenvalue weighted by Crippen LogP contribution is -2.41. The number of hydrogen-bond donors (Lipinski definition) is 2. The van der Waals surface area contributed by atoms with Gasteiger partial charge in [-0.2, -0.15) is 11.8 Å². The van der Waals surface area contributed by atoms with E-state index >= 15 is 0 Å². The minimum Gasteiger partial charge on any atom is -0.395 e. The molecule has 0 fully saturated rings. The number of aliphatic hydroxyl groups excluding tert-OH is 1. The molecule has 0 saturated heterocycles. The maximum atomic E-state index is 12.1. The molecule has 0 aliphatic heterocycles. The van der Waals surface area contributed by atoms with E-state index in [1.165, 1.54) is 0 Å². The number of carbonyl (C=O) groups is 1. The average molecular weight is 270 g/mol. The molecule has 18 heavy (non-hydrogen) atoms. The second-order valence-corrected chi connectivity index (χ2v) is 5.38. The Bertz CT molecular complexity index is 375. The SMILES string of the molecule is CCCn1cccc1C(=O)NC(C)C(CO)SC. The highest BCUT2D eigenvalue weighted by Crippen LogP contribution is 2.11. The van der Waals surface area contributed by atoms with Crippen LogP contribution >= 0.6 is 11.8 Å². The third kappa shape index (κ3) is 3.78. The van der Waals surface area contributed by atoms with Crippen LogP contribution in [0.4, 0.5) is 0 Å². The largest absolute Gasteiger partial charge is 0.395 e. The molecule has 2 atom stereocenters. The predicted molar refractivity (Wildman–Crippen MR) is 76.0 cm³/mol. The molecule has 0 saturated carbocycles. The molecular weight excluding hydrogens is 248 g/mol. The van der Waals surface area contributed by atoms with Crippen molar-refractivity contribution in [2.45, 2.75) is 38.1 Å². The number of aromatic nitrogens is 1. The maximum absolute atomic E-state index is 12.1. The molecule has 4 nitrogen and oxygen atoms in total. The molecule has 1 amide bonds. The van der Waals surface area contributed by atoms with Gasteiger partial charge in [0.15, 0.2) is 0 Å². The summed E-state index contributed by atoms with van der Waals surface area (Å²) in [5.41, 5.74) is 0.682. The number of nitrogens with one attached hydrogen (secondary N) is 1. The lowest BCUT2D eigenvalue weighted by molar-refractivity contribution is 0.0926. The first-order valence-electron chi connectivity index (χ1n) is 6.23. The summed E-state index contributed by atoms with van der Waals surface area (Å²) < 4.78 is 1.95. The lowest BCUT2D eigenvalue weighted by Gasteiger charge is -2.21. The van der Waals surface area contributed by atoms with Crippen molar-refractivity contribution >= 4 is 17.7 Å². The quantitative estimate of drug-likeness (QED) is 0.793. The summed E-state index contributed by atoms with van der Waals surface area (Å²) in [6.07, 6.45) is 4.85. The Morgan fingerprint density at radius 3 is 2.89 bits per heavy atom. The maximum Gasteiger partial charge on any atom is 0.268 e. The lowest BCUT2D eigenvalue weighted by atomic mass is 10.2. The second-order valence-electron chi connectivity index (χ2n) is 4.31. The molecule has 1 aromatic rings. The molecule has 0 bridgehead atoms. The molecule has 5 heteroatoms. The first-order valence-corrected chi connectivity index (χ1v) is 7.52. The highest BCUT2D eigenvalue weighted by atomic mass is 32.2. The van der Waals surface area contributed by atoms with E-state index in [4.69, 9.17) is 0 Å². The van der Waals surface area contributed by atoms with Crippen LogP contribution in [-0.2, 0) is 6.54 Å². The van der Waals surface area contributed by atoms with Crippen LogP contribution < -0.4 is 5.32 Å². The van der Waals surface area contributed by atoms with Crippen molar-refractivity contribution < 1.29 is 9.90 Å². The Hall–Kier alpha value is -0.940. The van der Waals surface area contributed by atoms with E-state index in [-0.39, 0.29) is 23.8 Å². The minimum atomic E-state index is -0.0755. The van der Waals surface area contributed by atoms with Crippen LogP contribution in [0.3, 0.4) is 0 Å². The first-order chi connectivity index (χ1) is 8.63. The molecule has 0 radical (unpaired) electrons. The molecule has 0 aliphatic carbocycles. The van der Waals surface area contributed by atoms with E-state index in [1.807, 2.05) is 36.1 Å².